The number of aliphatic hydroxyl groups is 1. The first-order valence-corrected chi connectivity index (χ1v) is 9.44. The van der Waals surface area contributed by atoms with Crippen molar-refractivity contribution in [3.63, 3.8) is 0 Å². The minimum Gasteiger partial charge on any atom is -0.496 e. The maximum Gasteiger partial charge on any atom is 0.122 e. The molecule has 0 saturated heterocycles. The molecule has 3 N–H and O–H groups in total. The van der Waals surface area contributed by atoms with Gasteiger partial charge in [0.25, 0.3) is 0 Å². The molecule has 28 heavy (non-hydrogen) atoms. The van der Waals surface area contributed by atoms with Gasteiger partial charge in [0.2, 0.25) is 0 Å². The van der Waals surface area contributed by atoms with Crippen LogP contribution in [-0.2, 0) is 12.8 Å². The Balaban J connectivity index is 0.00000392. The number of hydrogen-bond acceptors (Lipinski definition) is 5. The molecule has 0 spiro atoms. The van der Waals surface area contributed by atoms with E-state index in [0.29, 0.717) is 0 Å². The lowest BCUT2D eigenvalue weighted by Crippen LogP contribution is -2.52. The predicted molar refractivity (Wildman–Crippen MR) is 117 cm³/mol. The molecular weight excluding hydrogens is 376 g/mol. The molecule has 2 aromatic carbocycles. The molecule has 0 amide bonds. The molecule has 0 radical (unpaired) electrons. The minimum absolute atomic E-state index is 0. The van der Waals surface area contributed by atoms with Gasteiger partial charge in [0.1, 0.15) is 11.5 Å². The second-order valence-electron chi connectivity index (χ2n) is 6.90. The van der Waals surface area contributed by atoms with Crippen LogP contribution in [0.2, 0.25) is 0 Å². The van der Waals surface area contributed by atoms with Crippen LogP contribution in [0.1, 0.15) is 25.0 Å². The van der Waals surface area contributed by atoms with Gasteiger partial charge in [-0.05, 0) is 49.9 Å². The second-order valence-corrected chi connectivity index (χ2v) is 6.90. The van der Waals surface area contributed by atoms with Crippen LogP contribution in [0, 0.1) is 0 Å². The number of nitrogens with one attached hydrogen (secondary N) is 2. The highest BCUT2D eigenvalue weighted by Gasteiger charge is 2.16. The van der Waals surface area contributed by atoms with Gasteiger partial charge in [0, 0.05) is 12.1 Å². The third kappa shape index (κ3) is 7.32. The van der Waals surface area contributed by atoms with Crippen LogP contribution in [0.25, 0.3) is 0 Å². The summed E-state index contributed by atoms with van der Waals surface area (Å²) in [6.45, 7) is 4.25. The Morgan fingerprint density at radius 2 is 1.18 bits per heavy atom. The SMILES string of the molecule is COc1ccccc1CC(C)NC(CO)NC(C)Cc1ccccc1OC.Cl. The van der Waals surface area contributed by atoms with E-state index >= 15 is 0 Å². The smallest absolute Gasteiger partial charge is 0.122 e. The summed E-state index contributed by atoms with van der Waals surface area (Å²) in [5.41, 5.74) is 2.30. The van der Waals surface area contributed by atoms with E-state index in [4.69, 9.17) is 9.47 Å². The molecule has 0 heterocycles. The summed E-state index contributed by atoms with van der Waals surface area (Å²) >= 11 is 0. The van der Waals surface area contributed by atoms with Gasteiger partial charge >= 0.3 is 0 Å². The van der Waals surface area contributed by atoms with Crippen LogP contribution in [0.5, 0.6) is 11.5 Å². The summed E-state index contributed by atoms with van der Waals surface area (Å²) in [5, 5.41) is 16.7. The molecule has 0 saturated carbocycles. The molecule has 0 bridgehead atoms. The van der Waals surface area contributed by atoms with Crippen molar-refractivity contribution in [1.29, 1.82) is 0 Å². The third-order valence-electron chi connectivity index (χ3n) is 4.59. The van der Waals surface area contributed by atoms with Gasteiger partial charge in [-0.1, -0.05) is 36.4 Å². The number of para-hydroxylation sites is 2. The van der Waals surface area contributed by atoms with Gasteiger partial charge in [-0.3, -0.25) is 10.6 Å². The van der Waals surface area contributed by atoms with Gasteiger partial charge < -0.3 is 14.6 Å². The van der Waals surface area contributed by atoms with Gasteiger partial charge in [-0.2, -0.15) is 0 Å². The molecule has 0 aliphatic carbocycles. The van der Waals surface area contributed by atoms with E-state index in [9.17, 15) is 5.11 Å². The fraction of sp³-hybridized carbons (Fsp3) is 0.455. The molecule has 0 aliphatic rings. The van der Waals surface area contributed by atoms with E-state index in [1.165, 1.54) is 0 Å². The summed E-state index contributed by atoms with van der Waals surface area (Å²) < 4.78 is 10.9. The van der Waals surface area contributed by atoms with Crippen molar-refractivity contribution < 1.29 is 14.6 Å². The van der Waals surface area contributed by atoms with Crippen molar-refractivity contribution >= 4 is 12.4 Å². The number of halogens is 1. The Hall–Kier alpha value is -1.79. The standard InChI is InChI=1S/C22H32N2O3.ClH/c1-16(13-18-9-5-7-11-20(18)26-3)23-22(15-25)24-17(2)14-19-10-6-8-12-21(19)27-4;/h5-12,16-17,22-25H,13-15H2,1-4H3;1H. The van der Waals surface area contributed by atoms with E-state index in [-0.39, 0.29) is 37.3 Å². The first kappa shape index (κ1) is 24.2. The van der Waals surface area contributed by atoms with Gasteiger partial charge in [0.15, 0.2) is 0 Å². The Morgan fingerprint density at radius 1 is 0.786 bits per heavy atom. The summed E-state index contributed by atoms with van der Waals surface area (Å²) in [6, 6.07) is 16.4. The summed E-state index contributed by atoms with van der Waals surface area (Å²) in [7, 11) is 3.38. The fourth-order valence-electron chi connectivity index (χ4n) is 3.36. The summed E-state index contributed by atoms with van der Waals surface area (Å²) in [5.74, 6) is 1.79. The van der Waals surface area contributed by atoms with Gasteiger partial charge in [-0.15, -0.1) is 12.4 Å². The predicted octanol–water partition coefficient (Wildman–Crippen LogP) is 3.19. The minimum atomic E-state index is -0.181. The Kier molecular flexibility index (Phi) is 10.9. The van der Waals surface area contributed by atoms with Crippen molar-refractivity contribution in [2.24, 2.45) is 0 Å². The number of ether oxygens (including phenoxy) is 2. The first-order chi connectivity index (χ1) is 13.1. The topological polar surface area (TPSA) is 62.8 Å². The molecule has 0 fully saturated rings. The molecule has 5 nitrogen and oxygen atoms in total. The Morgan fingerprint density at radius 3 is 1.54 bits per heavy atom. The summed E-state index contributed by atoms with van der Waals surface area (Å²) in [4.78, 5) is 0. The number of benzene rings is 2. The van der Waals surface area contributed by atoms with Crippen LogP contribution >= 0.6 is 12.4 Å². The van der Waals surface area contributed by atoms with Crippen molar-refractivity contribution in [3.8, 4) is 11.5 Å². The Labute approximate surface area is 174 Å². The molecule has 0 aliphatic heterocycles. The van der Waals surface area contributed by atoms with Crippen LogP contribution in [0.15, 0.2) is 48.5 Å². The third-order valence-corrected chi connectivity index (χ3v) is 4.59. The number of rotatable bonds is 11. The quantitative estimate of drug-likeness (QED) is 0.498. The lowest BCUT2D eigenvalue weighted by atomic mass is 10.0. The van der Waals surface area contributed by atoms with Crippen LogP contribution < -0.4 is 20.1 Å². The molecule has 2 rings (SSSR count). The maximum atomic E-state index is 9.78. The van der Waals surface area contributed by atoms with E-state index in [0.717, 1.165) is 35.5 Å². The first-order valence-electron chi connectivity index (χ1n) is 9.44. The van der Waals surface area contributed by atoms with E-state index < -0.39 is 0 Å². The monoisotopic (exact) mass is 408 g/mol. The lowest BCUT2D eigenvalue weighted by Gasteiger charge is -2.27. The maximum absolute atomic E-state index is 9.78. The highest BCUT2D eigenvalue weighted by Crippen LogP contribution is 2.20. The average molecular weight is 409 g/mol. The molecular formula is C22H33ClN2O3. The Bertz CT molecular complexity index is 641. The normalized spacial score (nSPS) is 13.9. The molecule has 6 heteroatoms. The second kappa shape index (κ2) is 12.6. The largest absolute Gasteiger partial charge is 0.496 e. The zero-order chi connectivity index (χ0) is 19.6. The van der Waals surface area contributed by atoms with E-state index in [1.807, 2.05) is 36.4 Å². The fourth-order valence-corrected chi connectivity index (χ4v) is 3.36. The van der Waals surface area contributed by atoms with Gasteiger partial charge in [0.05, 0.1) is 27.0 Å². The molecule has 156 valence electrons. The van der Waals surface area contributed by atoms with E-state index in [1.54, 1.807) is 14.2 Å². The molecule has 0 aromatic heterocycles. The average Bonchev–Trinajstić information content (AvgIpc) is 2.68. The van der Waals surface area contributed by atoms with Crippen molar-refractivity contribution in [3.05, 3.63) is 59.7 Å². The van der Waals surface area contributed by atoms with Crippen LogP contribution in [0.4, 0.5) is 0 Å². The van der Waals surface area contributed by atoms with Crippen LogP contribution in [0.3, 0.4) is 0 Å². The van der Waals surface area contributed by atoms with Crippen LogP contribution in [-0.4, -0.2) is 44.2 Å². The molecule has 2 unspecified atom stereocenters. The summed E-state index contributed by atoms with van der Waals surface area (Å²) in [6.07, 6.45) is 1.46. The lowest BCUT2D eigenvalue weighted by molar-refractivity contribution is 0.198. The van der Waals surface area contributed by atoms with E-state index in [2.05, 4.69) is 36.6 Å². The zero-order valence-corrected chi connectivity index (χ0v) is 18.0. The number of methoxy groups -OCH3 is 2. The number of aliphatic hydroxyl groups excluding tert-OH is 1. The van der Waals surface area contributed by atoms with Crippen molar-refractivity contribution in [2.75, 3.05) is 20.8 Å². The van der Waals surface area contributed by atoms with Gasteiger partial charge in [-0.25, -0.2) is 0 Å². The highest BCUT2D eigenvalue weighted by atomic mass is 35.5. The van der Waals surface area contributed by atoms with Crippen molar-refractivity contribution in [2.45, 2.75) is 44.9 Å². The molecule has 2 atom stereocenters. The molecule has 2 aromatic rings. The highest BCUT2D eigenvalue weighted by molar-refractivity contribution is 5.85. The zero-order valence-electron chi connectivity index (χ0n) is 17.1. The number of hydrogen-bond donors (Lipinski definition) is 3. The van der Waals surface area contributed by atoms with Crippen molar-refractivity contribution in [1.82, 2.24) is 10.6 Å².